The van der Waals surface area contributed by atoms with Crippen molar-refractivity contribution in [3.63, 3.8) is 0 Å². The van der Waals surface area contributed by atoms with Crippen LogP contribution >= 0.6 is 34.5 Å². The number of esters is 1. The third-order valence-electron chi connectivity index (χ3n) is 8.67. The first kappa shape index (κ1) is 37.6. The number of alkyl halides is 3. The van der Waals surface area contributed by atoms with Crippen LogP contribution in [0.4, 0.5) is 18.0 Å². The van der Waals surface area contributed by atoms with Gasteiger partial charge in [-0.15, -0.1) is 11.3 Å². The monoisotopic (exact) mass is 794 g/mol. The summed E-state index contributed by atoms with van der Waals surface area (Å²) < 4.78 is 80.4. The Labute approximate surface area is 312 Å². The van der Waals surface area contributed by atoms with Crippen molar-refractivity contribution in [1.82, 2.24) is 14.1 Å². The first-order chi connectivity index (χ1) is 24.7. The molecule has 2 aliphatic rings. The normalized spacial score (nSPS) is 18.3. The molecule has 3 aromatic carbocycles. The van der Waals surface area contributed by atoms with Gasteiger partial charge in [-0.25, -0.2) is 18.0 Å². The summed E-state index contributed by atoms with van der Waals surface area (Å²) >= 11 is 13.4. The van der Waals surface area contributed by atoms with Gasteiger partial charge in [0, 0.05) is 36.2 Å². The van der Waals surface area contributed by atoms with Gasteiger partial charge in [0.15, 0.2) is 0 Å². The topological polar surface area (TPSA) is 109 Å². The summed E-state index contributed by atoms with van der Waals surface area (Å²) in [7, 11) is -2.96. The Bertz CT molecular complexity index is 2100. The number of aliphatic imine (C=N–C) groups is 1. The molecular weight excluding hydrogens is 764 g/mol. The Kier molecular flexibility index (Phi) is 10.9. The number of hydrogen-bond donors (Lipinski definition) is 0. The maximum atomic E-state index is 14.8. The predicted octanol–water partition coefficient (Wildman–Crippen LogP) is 7.93. The summed E-state index contributed by atoms with van der Waals surface area (Å²) in [5.41, 5.74) is 0.538. The van der Waals surface area contributed by atoms with Crippen LogP contribution in [0.2, 0.25) is 10.0 Å². The van der Waals surface area contributed by atoms with Crippen LogP contribution in [0.25, 0.3) is 0 Å². The second-order valence-electron chi connectivity index (χ2n) is 11.7. The minimum atomic E-state index is -4.66. The van der Waals surface area contributed by atoms with Crippen molar-refractivity contribution in [3.8, 4) is 5.75 Å². The summed E-state index contributed by atoms with van der Waals surface area (Å²) in [4.78, 5) is 34.7. The largest absolute Gasteiger partial charge is 0.493 e. The molecule has 1 aromatic heterocycles. The lowest BCUT2D eigenvalue weighted by Gasteiger charge is -2.38. The lowest BCUT2D eigenvalue weighted by atomic mass is 9.93. The van der Waals surface area contributed by atoms with Gasteiger partial charge in [-0.2, -0.15) is 17.5 Å². The highest BCUT2D eigenvalue weighted by Crippen LogP contribution is 2.46. The molecule has 0 radical (unpaired) electrons. The molecule has 6 rings (SSSR count). The third-order valence-corrected chi connectivity index (χ3v) is 12.1. The van der Waals surface area contributed by atoms with Gasteiger partial charge >= 0.3 is 18.2 Å². The van der Waals surface area contributed by atoms with Crippen LogP contribution in [0.3, 0.4) is 0 Å². The van der Waals surface area contributed by atoms with Gasteiger partial charge in [-0.1, -0.05) is 47.5 Å². The van der Waals surface area contributed by atoms with Crippen molar-refractivity contribution in [2.75, 3.05) is 39.9 Å². The summed E-state index contributed by atoms with van der Waals surface area (Å²) in [5, 5.41) is 2.40. The fourth-order valence-corrected chi connectivity index (χ4v) is 9.15. The van der Waals surface area contributed by atoms with Crippen LogP contribution in [-0.4, -0.2) is 80.3 Å². The average molecular weight is 796 g/mol. The molecule has 2 aliphatic heterocycles. The molecule has 0 saturated carbocycles. The summed E-state index contributed by atoms with van der Waals surface area (Å²) in [6, 6.07) is 16.0. The van der Waals surface area contributed by atoms with Crippen molar-refractivity contribution in [3.05, 3.63) is 115 Å². The molecule has 4 aromatic rings. The number of methoxy groups -OCH3 is 1. The number of amidine groups is 1. The van der Waals surface area contributed by atoms with E-state index in [-0.39, 0.29) is 59.7 Å². The summed E-state index contributed by atoms with van der Waals surface area (Å²) in [5.74, 6) is -0.826. The summed E-state index contributed by atoms with van der Waals surface area (Å²) in [6.45, 7) is 1.40. The number of nitrogens with zero attached hydrogens (tertiary/aromatic N) is 4. The van der Waals surface area contributed by atoms with E-state index in [1.54, 1.807) is 55.5 Å². The van der Waals surface area contributed by atoms with E-state index in [0.29, 0.717) is 21.2 Å². The minimum Gasteiger partial charge on any atom is -0.493 e. The van der Waals surface area contributed by atoms with Gasteiger partial charge in [-0.05, 0) is 72.0 Å². The lowest BCUT2D eigenvalue weighted by Crippen LogP contribution is -2.55. The van der Waals surface area contributed by atoms with Crippen molar-refractivity contribution in [1.29, 1.82) is 0 Å². The molecule has 2 unspecified atom stereocenters. The first-order valence-electron chi connectivity index (χ1n) is 15.9. The number of thiophene rings is 1. The molecule has 52 heavy (non-hydrogen) atoms. The quantitative estimate of drug-likeness (QED) is 0.168. The number of sulfonamides is 1. The van der Waals surface area contributed by atoms with E-state index in [4.69, 9.17) is 37.7 Å². The van der Waals surface area contributed by atoms with Crippen LogP contribution in [0.15, 0.2) is 88.1 Å². The van der Waals surface area contributed by atoms with Crippen LogP contribution in [0, 0.1) is 0 Å². The molecule has 17 heteroatoms. The zero-order chi connectivity index (χ0) is 37.4. The fourth-order valence-electron chi connectivity index (χ4n) is 6.17. The van der Waals surface area contributed by atoms with Gasteiger partial charge in [0.05, 0.1) is 30.9 Å². The molecule has 0 aliphatic carbocycles. The van der Waals surface area contributed by atoms with Crippen molar-refractivity contribution >= 4 is 62.4 Å². The van der Waals surface area contributed by atoms with E-state index in [9.17, 15) is 31.2 Å². The second kappa shape index (κ2) is 15.1. The molecule has 0 N–H and O–H groups in total. The molecule has 2 amide bonds. The Balaban J connectivity index is 1.41. The Hall–Kier alpha value is -4.15. The molecule has 1 saturated heterocycles. The van der Waals surface area contributed by atoms with Gasteiger partial charge in [0.25, 0.3) is 0 Å². The molecule has 3 heterocycles. The van der Waals surface area contributed by atoms with Crippen molar-refractivity contribution in [2.24, 2.45) is 4.99 Å². The minimum absolute atomic E-state index is 0.0367. The number of benzene rings is 3. The fraction of sp³-hybridized carbons (Fsp3) is 0.286. The van der Waals surface area contributed by atoms with Crippen molar-refractivity contribution in [2.45, 2.75) is 30.1 Å². The van der Waals surface area contributed by atoms with Crippen LogP contribution in [0.1, 0.15) is 50.9 Å². The molecule has 0 spiro atoms. The number of carbonyl (C=O) groups is 2. The number of carbonyl (C=O) groups excluding carboxylic acids is 2. The predicted molar refractivity (Wildman–Crippen MR) is 191 cm³/mol. The third kappa shape index (κ3) is 7.37. The number of amides is 2. The molecule has 10 nitrogen and oxygen atoms in total. The molecule has 0 bridgehead atoms. The van der Waals surface area contributed by atoms with E-state index in [2.05, 4.69) is 0 Å². The number of urea groups is 1. The highest BCUT2D eigenvalue weighted by atomic mass is 35.5. The van der Waals surface area contributed by atoms with E-state index < -0.39 is 45.8 Å². The summed E-state index contributed by atoms with van der Waals surface area (Å²) in [6.07, 6.45) is -4.66. The highest BCUT2D eigenvalue weighted by molar-refractivity contribution is 7.89. The molecule has 274 valence electrons. The van der Waals surface area contributed by atoms with Gasteiger partial charge in [-0.3, -0.25) is 9.89 Å². The van der Waals surface area contributed by atoms with Gasteiger partial charge < -0.3 is 14.4 Å². The average Bonchev–Trinajstić information content (AvgIpc) is 3.78. The van der Waals surface area contributed by atoms with Crippen LogP contribution in [0.5, 0.6) is 5.75 Å². The van der Waals surface area contributed by atoms with Crippen LogP contribution in [-0.2, 0) is 20.9 Å². The number of piperazine rings is 1. The van der Waals surface area contributed by atoms with E-state index in [1.165, 1.54) is 31.6 Å². The Morgan fingerprint density at radius 2 is 1.54 bits per heavy atom. The second-order valence-corrected chi connectivity index (χ2v) is 15.4. The first-order valence-corrected chi connectivity index (χ1v) is 19.0. The SMILES string of the molecule is CCOc1cc(C(F)(F)F)ccc1C1=NC(c2ccc(Cl)cc2)C(c2ccc(Cl)cc2)N1C(=O)N1CCN(S(=O)(=O)c2ccsc2C(=O)OC)CC1. The Morgan fingerprint density at radius 1 is 0.923 bits per heavy atom. The van der Waals surface area contributed by atoms with E-state index in [0.717, 1.165) is 30.6 Å². The standard InChI is InChI=1S/C35H31Cl2F3N4O6S2/c1-3-50-27-20-23(35(38,39)40)8-13-26(27)32-41-29(21-4-9-24(36)10-5-21)30(22-6-11-25(37)12-7-22)44(32)34(46)42-15-17-43(18-16-42)52(47,48)28-14-19-51-31(28)33(45)49-2/h4-14,19-20,29-30H,3,15-18H2,1-2H3. The zero-order valence-corrected chi connectivity index (χ0v) is 30.8. The number of hydrogen-bond acceptors (Lipinski definition) is 8. The maximum absolute atomic E-state index is 14.8. The number of ether oxygens (including phenoxy) is 2. The lowest BCUT2D eigenvalue weighted by molar-refractivity contribution is -0.137. The molecule has 1 fully saturated rings. The van der Waals surface area contributed by atoms with Gasteiger partial charge in [0.2, 0.25) is 10.0 Å². The van der Waals surface area contributed by atoms with Gasteiger partial charge in [0.1, 0.15) is 27.4 Å². The smallest absolute Gasteiger partial charge is 0.416 e. The zero-order valence-electron chi connectivity index (χ0n) is 27.6. The number of halogens is 5. The number of rotatable bonds is 8. The van der Waals surface area contributed by atoms with E-state index >= 15 is 0 Å². The van der Waals surface area contributed by atoms with Crippen LogP contribution < -0.4 is 4.74 Å². The molecular formula is C35H31Cl2F3N4O6S2. The van der Waals surface area contributed by atoms with Crippen molar-refractivity contribution < 1.29 is 40.7 Å². The maximum Gasteiger partial charge on any atom is 0.416 e. The molecule has 2 atom stereocenters. The van der Waals surface area contributed by atoms with E-state index in [1.807, 2.05) is 0 Å². The highest BCUT2D eigenvalue weighted by Gasteiger charge is 2.46. The Morgan fingerprint density at radius 3 is 2.12 bits per heavy atom.